The molecule has 1 unspecified atom stereocenters. The molecule has 0 radical (unpaired) electrons. The topological polar surface area (TPSA) is 32.7 Å². The van der Waals surface area contributed by atoms with E-state index in [1.165, 1.54) is 69.8 Å². The maximum absolute atomic E-state index is 13.0. The fraction of sp³-hybridized carbons (Fsp3) is 0.826. The summed E-state index contributed by atoms with van der Waals surface area (Å²) in [6, 6.07) is 0.818. The monoisotopic (exact) mass is 358 g/mol. The first-order valence-corrected chi connectivity index (χ1v) is 11.3. The van der Waals surface area contributed by atoms with Crippen molar-refractivity contribution in [3.63, 3.8) is 0 Å². The summed E-state index contributed by atoms with van der Waals surface area (Å²) in [7, 11) is 0. The highest BCUT2D eigenvalue weighted by molar-refractivity contribution is 6.11. The van der Waals surface area contributed by atoms with E-state index in [0.717, 1.165) is 25.1 Å². The molecule has 26 heavy (non-hydrogen) atoms. The fourth-order valence-electron chi connectivity index (χ4n) is 4.94. The van der Waals surface area contributed by atoms with Crippen LogP contribution in [0, 0.1) is 5.92 Å². The van der Waals surface area contributed by atoms with E-state index in [1.807, 2.05) is 0 Å². The van der Waals surface area contributed by atoms with Crippen LogP contribution in [0.1, 0.15) is 104 Å². The third kappa shape index (κ3) is 4.78. The average Bonchev–Trinajstić information content (AvgIpc) is 2.66. The van der Waals surface area contributed by atoms with Crippen LogP contribution in [0.15, 0.2) is 16.6 Å². The van der Waals surface area contributed by atoms with Crippen LogP contribution in [0.2, 0.25) is 0 Å². The van der Waals surface area contributed by atoms with E-state index in [-0.39, 0.29) is 0 Å². The molecule has 0 aromatic carbocycles. The molecule has 3 rings (SSSR count). The second-order valence-corrected chi connectivity index (χ2v) is 8.71. The molecule has 1 amide bonds. The lowest BCUT2D eigenvalue weighted by atomic mass is 9.85. The molecule has 1 atom stereocenters. The van der Waals surface area contributed by atoms with E-state index in [0.29, 0.717) is 30.3 Å². The second kappa shape index (κ2) is 9.71. The normalized spacial score (nSPS) is 29.7. The minimum absolute atomic E-state index is 0.321. The van der Waals surface area contributed by atoms with E-state index in [4.69, 9.17) is 4.99 Å². The van der Waals surface area contributed by atoms with Crippen molar-refractivity contribution in [2.24, 2.45) is 10.9 Å². The van der Waals surface area contributed by atoms with Crippen LogP contribution in [-0.2, 0) is 4.79 Å². The van der Waals surface area contributed by atoms with Crippen LogP contribution in [0.3, 0.4) is 0 Å². The van der Waals surface area contributed by atoms with Gasteiger partial charge in [-0.3, -0.25) is 14.7 Å². The van der Waals surface area contributed by atoms with Crippen molar-refractivity contribution in [3.05, 3.63) is 11.6 Å². The number of amidine groups is 1. The highest BCUT2D eigenvalue weighted by Gasteiger charge is 2.38. The van der Waals surface area contributed by atoms with Gasteiger partial charge in [-0.25, -0.2) is 0 Å². The molecule has 3 aliphatic rings. The largest absolute Gasteiger partial charge is 0.294 e. The van der Waals surface area contributed by atoms with Gasteiger partial charge in [0.2, 0.25) is 5.91 Å². The predicted octanol–water partition coefficient (Wildman–Crippen LogP) is 6.04. The number of carbonyl (C=O) groups is 1. The van der Waals surface area contributed by atoms with E-state index in [9.17, 15) is 4.79 Å². The number of nitrogens with zero attached hydrogens (tertiary/aromatic N) is 2. The number of likely N-dealkylation sites (tertiary alicyclic amines) is 1. The van der Waals surface area contributed by atoms with Crippen LogP contribution in [0.4, 0.5) is 0 Å². The summed E-state index contributed by atoms with van der Waals surface area (Å²) in [6.45, 7) is 4.47. The molecule has 0 bridgehead atoms. The van der Waals surface area contributed by atoms with Crippen molar-refractivity contribution in [1.29, 1.82) is 0 Å². The Kier molecular flexibility index (Phi) is 7.33. The number of aliphatic imine (C=N–C) groups is 1. The van der Waals surface area contributed by atoms with E-state index in [1.54, 1.807) is 0 Å². The van der Waals surface area contributed by atoms with E-state index >= 15 is 0 Å². The first-order chi connectivity index (χ1) is 12.7. The zero-order valence-electron chi connectivity index (χ0n) is 17.0. The molecule has 3 nitrogen and oxygen atoms in total. The van der Waals surface area contributed by atoms with Crippen molar-refractivity contribution in [1.82, 2.24) is 4.90 Å². The van der Waals surface area contributed by atoms with Crippen molar-refractivity contribution in [3.8, 4) is 0 Å². The van der Waals surface area contributed by atoms with Crippen LogP contribution in [0.5, 0.6) is 0 Å². The summed E-state index contributed by atoms with van der Waals surface area (Å²) in [5.41, 5.74) is 1.37. The van der Waals surface area contributed by atoms with Gasteiger partial charge < -0.3 is 0 Å². The second-order valence-electron chi connectivity index (χ2n) is 8.71. The lowest BCUT2D eigenvalue weighted by molar-refractivity contribution is -0.130. The maximum atomic E-state index is 13.0. The Morgan fingerprint density at radius 2 is 1.69 bits per heavy atom. The number of carbonyl (C=O) groups excluding carboxylic acids is 1. The summed E-state index contributed by atoms with van der Waals surface area (Å²) >= 11 is 0. The molecule has 0 N–H and O–H groups in total. The fourth-order valence-corrected chi connectivity index (χ4v) is 4.94. The molecule has 146 valence electrons. The molecule has 0 aromatic heterocycles. The van der Waals surface area contributed by atoms with Crippen molar-refractivity contribution in [2.75, 3.05) is 0 Å². The number of allylic oxidation sites excluding steroid dienone is 1. The molecule has 3 fully saturated rings. The van der Waals surface area contributed by atoms with Gasteiger partial charge in [-0.2, -0.15) is 0 Å². The molecule has 1 heterocycles. The van der Waals surface area contributed by atoms with Gasteiger partial charge in [0.05, 0.1) is 6.04 Å². The van der Waals surface area contributed by atoms with Gasteiger partial charge >= 0.3 is 0 Å². The highest BCUT2D eigenvalue weighted by atomic mass is 16.2. The molecule has 2 aliphatic carbocycles. The van der Waals surface area contributed by atoms with E-state index in [2.05, 4.69) is 24.8 Å². The van der Waals surface area contributed by atoms with Gasteiger partial charge in [-0.15, -0.1) is 0 Å². The zero-order valence-corrected chi connectivity index (χ0v) is 17.0. The first kappa shape index (κ1) is 19.6. The Morgan fingerprint density at radius 1 is 1.04 bits per heavy atom. The number of hydrogen-bond donors (Lipinski definition) is 0. The summed E-state index contributed by atoms with van der Waals surface area (Å²) in [4.78, 5) is 20.5. The van der Waals surface area contributed by atoms with Crippen LogP contribution >= 0.6 is 0 Å². The Labute approximate surface area is 160 Å². The standard InChI is InChI=1S/C23H38N2O/c1-3-4-7-16-21-18(2)17-22(26)25(20-14-10-6-11-15-20)23(21)24-19-12-8-5-9-13-19/h16,18-20H,3-15,17H2,1-2H3/b21-16+,24-23?. The smallest absolute Gasteiger partial charge is 0.229 e. The van der Waals surface area contributed by atoms with Crippen LogP contribution in [-0.4, -0.2) is 28.7 Å². The van der Waals surface area contributed by atoms with Crippen molar-refractivity contribution >= 4 is 11.7 Å². The Bertz CT molecular complexity index is 524. The van der Waals surface area contributed by atoms with Crippen molar-refractivity contribution < 1.29 is 4.79 Å². The molecule has 0 spiro atoms. The molecular formula is C23H38N2O. The summed E-state index contributed by atoms with van der Waals surface area (Å²) < 4.78 is 0. The highest BCUT2D eigenvalue weighted by Crippen LogP contribution is 2.34. The summed E-state index contributed by atoms with van der Waals surface area (Å²) in [5.74, 6) is 1.72. The van der Waals surface area contributed by atoms with Crippen LogP contribution in [0.25, 0.3) is 0 Å². The average molecular weight is 359 g/mol. The SMILES string of the molecule is CCCC/C=C1/C(=NC2CCCCC2)N(C2CCCCC2)C(=O)CC1C. The van der Waals surface area contributed by atoms with Crippen molar-refractivity contribution in [2.45, 2.75) is 116 Å². The number of rotatable bonds is 5. The Hall–Kier alpha value is -1.12. The summed E-state index contributed by atoms with van der Waals surface area (Å²) in [6.07, 6.45) is 19.1. The zero-order chi connectivity index (χ0) is 18.4. The van der Waals surface area contributed by atoms with Gasteiger partial charge in [0.25, 0.3) is 0 Å². The molecule has 1 saturated heterocycles. The Balaban J connectivity index is 1.91. The lowest BCUT2D eigenvalue weighted by Gasteiger charge is -2.41. The van der Waals surface area contributed by atoms with Gasteiger partial charge in [-0.1, -0.05) is 71.3 Å². The quantitative estimate of drug-likeness (QED) is 0.552. The number of hydrogen-bond acceptors (Lipinski definition) is 2. The molecule has 3 heteroatoms. The predicted molar refractivity (Wildman–Crippen MR) is 109 cm³/mol. The van der Waals surface area contributed by atoms with Crippen LogP contribution < -0.4 is 0 Å². The van der Waals surface area contributed by atoms with Gasteiger partial charge in [0.15, 0.2) is 0 Å². The van der Waals surface area contributed by atoms with Gasteiger partial charge in [-0.05, 0) is 43.6 Å². The first-order valence-electron chi connectivity index (χ1n) is 11.3. The number of amides is 1. The molecular weight excluding hydrogens is 320 g/mol. The Morgan fingerprint density at radius 3 is 2.35 bits per heavy atom. The number of piperidine rings is 1. The molecule has 0 aromatic rings. The van der Waals surface area contributed by atoms with E-state index < -0.39 is 0 Å². The third-order valence-corrected chi connectivity index (χ3v) is 6.51. The third-order valence-electron chi connectivity index (χ3n) is 6.51. The molecule has 1 aliphatic heterocycles. The van der Waals surface area contributed by atoms with Gasteiger partial charge in [0.1, 0.15) is 5.84 Å². The summed E-state index contributed by atoms with van der Waals surface area (Å²) in [5, 5.41) is 0. The molecule has 2 saturated carbocycles. The maximum Gasteiger partial charge on any atom is 0.229 e. The minimum Gasteiger partial charge on any atom is -0.294 e. The number of unbranched alkanes of at least 4 members (excludes halogenated alkanes) is 2. The minimum atomic E-state index is 0.321. The lowest BCUT2D eigenvalue weighted by Crippen LogP contribution is -2.51. The van der Waals surface area contributed by atoms with Gasteiger partial charge in [0, 0.05) is 12.5 Å².